The van der Waals surface area contributed by atoms with Gasteiger partial charge in [0.2, 0.25) is 11.8 Å². The minimum Gasteiger partial charge on any atom is -0.439 e. The monoisotopic (exact) mass is 269 g/mol. The molecule has 0 aliphatic heterocycles. The molecule has 0 fully saturated rings. The van der Waals surface area contributed by atoms with Gasteiger partial charge in [0, 0.05) is 21.8 Å². The van der Waals surface area contributed by atoms with Crippen molar-refractivity contribution in [1.82, 2.24) is 9.97 Å². The van der Waals surface area contributed by atoms with Crippen LogP contribution in [0.1, 0.15) is 5.69 Å². The van der Waals surface area contributed by atoms with Crippen LogP contribution in [0.15, 0.2) is 24.3 Å². The predicted molar refractivity (Wildman–Crippen MR) is 67.7 cm³/mol. The van der Waals surface area contributed by atoms with Crippen molar-refractivity contribution in [3.05, 3.63) is 40.0 Å². The summed E-state index contributed by atoms with van der Waals surface area (Å²) in [4.78, 5) is 7.89. The Morgan fingerprint density at radius 3 is 2.29 bits per heavy atom. The first-order valence-corrected chi connectivity index (χ1v) is 5.53. The molecule has 4 nitrogen and oxygen atoms in total. The van der Waals surface area contributed by atoms with Crippen LogP contribution in [0.3, 0.4) is 0 Å². The zero-order chi connectivity index (χ0) is 12.4. The van der Waals surface area contributed by atoms with Crippen LogP contribution in [-0.4, -0.2) is 9.97 Å². The fourth-order valence-electron chi connectivity index (χ4n) is 1.32. The molecule has 0 aliphatic carbocycles. The molecular formula is C11H9Cl2N3O. The van der Waals surface area contributed by atoms with Crippen molar-refractivity contribution in [3.8, 4) is 11.6 Å². The summed E-state index contributed by atoms with van der Waals surface area (Å²) in [6.45, 7) is 1.80. The molecular weight excluding hydrogens is 261 g/mol. The third-order valence-electron chi connectivity index (χ3n) is 1.91. The van der Waals surface area contributed by atoms with Gasteiger partial charge in [-0.3, -0.25) is 0 Å². The summed E-state index contributed by atoms with van der Waals surface area (Å²) < 4.78 is 5.50. The summed E-state index contributed by atoms with van der Waals surface area (Å²) in [7, 11) is 0. The van der Waals surface area contributed by atoms with Gasteiger partial charge in [-0.1, -0.05) is 23.2 Å². The first kappa shape index (κ1) is 12.0. The van der Waals surface area contributed by atoms with Gasteiger partial charge in [-0.05, 0) is 25.1 Å². The second-order valence-corrected chi connectivity index (χ2v) is 4.29. The average Bonchev–Trinajstić information content (AvgIpc) is 2.13. The Morgan fingerprint density at radius 1 is 1.06 bits per heavy atom. The molecule has 1 aromatic carbocycles. The number of nitrogens with two attached hydrogens (primary N) is 1. The van der Waals surface area contributed by atoms with Crippen LogP contribution in [0, 0.1) is 6.92 Å². The molecule has 2 aromatic rings. The number of hydrogen-bond donors (Lipinski definition) is 1. The fraction of sp³-hybridized carbons (Fsp3) is 0.0909. The summed E-state index contributed by atoms with van der Waals surface area (Å²) in [6.07, 6.45) is 0. The number of rotatable bonds is 2. The zero-order valence-corrected chi connectivity index (χ0v) is 10.5. The summed E-state index contributed by atoms with van der Waals surface area (Å²) >= 11 is 11.7. The van der Waals surface area contributed by atoms with Crippen LogP contribution < -0.4 is 10.5 Å². The molecule has 0 spiro atoms. The van der Waals surface area contributed by atoms with E-state index in [0.29, 0.717) is 21.7 Å². The number of nitrogen functional groups attached to an aromatic ring is 1. The molecule has 0 unspecified atom stereocenters. The minimum atomic E-state index is 0.160. The molecule has 1 heterocycles. The summed E-state index contributed by atoms with van der Waals surface area (Å²) in [5, 5.41) is 0.984. The number of benzene rings is 1. The van der Waals surface area contributed by atoms with E-state index in [1.54, 1.807) is 31.2 Å². The van der Waals surface area contributed by atoms with E-state index in [1.165, 1.54) is 0 Å². The van der Waals surface area contributed by atoms with Gasteiger partial charge in [0.1, 0.15) is 5.75 Å². The first-order valence-electron chi connectivity index (χ1n) is 4.78. The van der Waals surface area contributed by atoms with E-state index in [2.05, 4.69) is 9.97 Å². The second kappa shape index (κ2) is 4.77. The number of ether oxygens (including phenoxy) is 1. The highest BCUT2D eigenvalue weighted by molar-refractivity contribution is 6.34. The lowest BCUT2D eigenvalue weighted by molar-refractivity contribution is 0.462. The standard InChI is InChI=1S/C11H9Cl2N3O/c1-6-2-10(16-11(14)15-6)17-9-4-7(12)3-8(13)5-9/h2-5H,1H3,(H2,14,15,16). The molecule has 0 amide bonds. The Hall–Kier alpha value is -1.52. The maximum atomic E-state index is 5.86. The van der Waals surface area contributed by atoms with Gasteiger partial charge >= 0.3 is 0 Å². The second-order valence-electron chi connectivity index (χ2n) is 3.41. The van der Waals surface area contributed by atoms with E-state index in [9.17, 15) is 0 Å². The number of aromatic nitrogens is 2. The van der Waals surface area contributed by atoms with Gasteiger partial charge < -0.3 is 10.5 Å². The van der Waals surface area contributed by atoms with Crippen molar-refractivity contribution in [3.63, 3.8) is 0 Å². The summed E-state index contributed by atoms with van der Waals surface area (Å²) in [5.74, 6) is 1.02. The molecule has 2 rings (SSSR count). The number of halogens is 2. The highest BCUT2D eigenvalue weighted by Gasteiger charge is 2.04. The van der Waals surface area contributed by atoms with Gasteiger partial charge in [0.05, 0.1) is 0 Å². The summed E-state index contributed by atoms with van der Waals surface area (Å²) in [5.41, 5.74) is 6.24. The highest BCUT2D eigenvalue weighted by atomic mass is 35.5. The zero-order valence-electron chi connectivity index (χ0n) is 8.95. The van der Waals surface area contributed by atoms with Crippen LogP contribution in [0.2, 0.25) is 10.0 Å². The van der Waals surface area contributed by atoms with Crippen molar-refractivity contribution < 1.29 is 4.74 Å². The Balaban J connectivity index is 2.31. The highest BCUT2D eigenvalue weighted by Crippen LogP contribution is 2.27. The van der Waals surface area contributed by atoms with Gasteiger partial charge in [-0.15, -0.1) is 0 Å². The first-order chi connectivity index (χ1) is 8.02. The van der Waals surface area contributed by atoms with E-state index in [-0.39, 0.29) is 5.95 Å². The van der Waals surface area contributed by atoms with Gasteiger partial charge in [0.15, 0.2) is 0 Å². The van der Waals surface area contributed by atoms with Crippen LogP contribution in [0.25, 0.3) is 0 Å². The van der Waals surface area contributed by atoms with Crippen molar-refractivity contribution in [2.24, 2.45) is 0 Å². The Kier molecular flexibility index (Phi) is 3.36. The molecule has 0 aliphatic rings. The molecule has 0 radical (unpaired) electrons. The van der Waals surface area contributed by atoms with Crippen LogP contribution >= 0.6 is 23.2 Å². The topological polar surface area (TPSA) is 61.0 Å². The molecule has 17 heavy (non-hydrogen) atoms. The van der Waals surface area contributed by atoms with E-state index in [0.717, 1.165) is 5.69 Å². The molecule has 88 valence electrons. The lowest BCUT2D eigenvalue weighted by Gasteiger charge is -2.06. The maximum absolute atomic E-state index is 5.86. The van der Waals surface area contributed by atoms with Crippen LogP contribution in [0.4, 0.5) is 5.95 Å². The normalized spacial score (nSPS) is 10.3. The van der Waals surface area contributed by atoms with Crippen LogP contribution in [0.5, 0.6) is 11.6 Å². The smallest absolute Gasteiger partial charge is 0.224 e. The Bertz CT molecular complexity index is 470. The predicted octanol–water partition coefficient (Wildman–Crippen LogP) is 3.47. The fourth-order valence-corrected chi connectivity index (χ4v) is 1.83. The third-order valence-corrected chi connectivity index (χ3v) is 2.34. The number of anilines is 1. The van der Waals surface area contributed by atoms with E-state index in [1.807, 2.05) is 0 Å². The molecule has 0 atom stereocenters. The van der Waals surface area contributed by atoms with Crippen molar-refractivity contribution >= 4 is 29.2 Å². The van der Waals surface area contributed by atoms with Gasteiger partial charge in [0.25, 0.3) is 0 Å². The van der Waals surface area contributed by atoms with Crippen molar-refractivity contribution in [2.45, 2.75) is 6.92 Å². The molecule has 6 heteroatoms. The molecule has 0 bridgehead atoms. The van der Waals surface area contributed by atoms with Gasteiger partial charge in [-0.25, -0.2) is 4.98 Å². The largest absolute Gasteiger partial charge is 0.439 e. The van der Waals surface area contributed by atoms with E-state index in [4.69, 9.17) is 33.7 Å². The Labute approximate surface area is 108 Å². The van der Waals surface area contributed by atoms with Crippen molar-refractivity contribution in [2.75, 3.05) is 5.73 Å². The molecule has 0 saturated carbocycles. The van der Waals surface area contributed by atoms with E-state index < -0.39 is 0 Å². The average molecular weight is 270 g/mol. The number of hydrogen-bond acceptors (Lipinski definition) is 4. The number of aryl methyl sites for hydroxylation is 1. The Morgan fingerprint density at radius 2 is 1.71 bits per heavy atom. The molecule has 1 aromatic heterocycles. The SMILES string of the molecule is Cc1cc(Oc2cc(Cl)cc(Cl)c2)nc(N)n1. The van der Waals surface area contributed by atoms with E-state index >= 15 is 0 Å². The number of nitrogens with zero attached hydrogens (tertiary/aromatic N) is 2. The van der Waals surface area contributed by atoms with Crippen molar-refractivity contribution in [1.29, 1.82) is 0 Å². The summed E-state index contributed by atoms with van der Waals surface area (Å²) in [6, 6.07) is 6.57. The molecule has 2 N–H and O–H groups in total. The minimum absolute atomic E-state index is 0.160. The maximum Gasteiger partial charge on any atom is 0.224 e. The quantitative estimate of drug-likeness (QED) is 0.907. The lowest BCUT2D eigenvalue weighted by atomic mass is 10.3. The van der Waals surface area contributed by atoms with Gasteiger partial charge in [-0.2, -0.15) is 4.98 Å². The third kappa shape index (κ3) is 3.22. The lowest BCUT2D eigenvalue weighted by Crippen LogP contribution is -1.98. The molecule has 0 saturated heterocycles. The van der Waals surface area contributed by atoms with Crippen LogP contribution in [-0.2, 0) is 0 Å².